The highest BCUT2D eigenvalue weighted by Crippen LogP contribution is 2.20. The summed E-state index contributed by atoms with van der Waals surface area (Å²) in [6.07, 6.45) is 8.69. The molecule has 0 bridgehead atoms. The van der Waals surface area contributed by atoms with E-state index in [0.29, 0.717) is 6.04 Å². The Kier molecular flexibility index (Phi) is 6.07. The molecule has 1 aromatic carbocycles. The van der Waals surface area contributed by atoms with Crippen LogP contribution in [0.4, 0.5) is 0 Å². The van der Waals surface area contributed by atoms with E-state index in [1.54, 1.807) is 0 Å². The van der Waals surface area contributed by atoms with Crippen molar-refractivity contribution in [2.75, 3.05) is 0 Å². The standard InChI is InChI=1S/C17H24N2O.ClH/c20-17(19-16-4-2-1-3-5-16)14-8-6-13(7-9-14)12-18-15-10-11-15;/h6-9,15-16,18H,1-5,10-12H2,(H,19,20);1H. The van der Waals surface area contributed by atoms with Crippen LogP contribution in [0.1, 0.15) is 60.9 Å². The molecule has 0 spiro atoms. The van der Waals surface area contributed by atoms with Gasteiger partial charge in [0, 0.05) is 24.2 Å². The monoisotopic (exact) mass is 308 g/mol. The summed E-state index contributed by atoms with van der Waals surface area (Å²) in [6.45, 7) is 0.912. The fourth-order valence-corrected chi connectivity index (χ4v) is 2.84. The number of hydrogen-bond acceptors (Lipinski definition) is 2. The Morgan fingerprint density at radius 3 is 2.24 bits per heavy atom. The summed E-state index contributed by atoms with van der Waals surface area (Å²) in [5.41, 5.74) is 2.04. The fraction of sp³-hybridized carbons (Fsp3) is 0.588. The number of rotatable bonds is 5. The third-order valence-electron chi connectivity index (χ3n) is 4.33. The molecule has 21 heavy (non-hydrogen) atoms. The largest absolute Gasteiger partial charge is 0.349 e. The number of amides is 1. The smallest absolute Gasteiger partial charge is 0.251 e. The lowest BCUT2D eigenvalue weighted by atomic mass is 9.95. The molecule has 3 rings (SSSR count). The predicted molar refractivity (Wildman–Crippen MR) is 87.9 cm³/mol. The molecule has 2 aliphatic rings. The van der Waals surface area contributed by atoms with E-state index in [2.05, 4.69) is 22.8 Å². The molecule has 0 saturated heterocycles. The van der Waals surface area contributed by atoms with E-state index in [1.165, 1.54) is 37.7 Å². The van der Waals surface area contributed by atoms with E-state index < -0.39 is 0 Å². The molecule has 0 radical (unpaired) electrons. The minimum absolute atomic E-state index is 0. The molecule has 2 N–H and O–H groups in total. The molecular weight excluding hydrogens is 284 g/mol. The second kappa shape index (κ2) is 7.81. The Morgan fingerprint density at radius 1 is 0.952 bits per heavy atom. The number of carbonyl (C=O) groups is 1. The quantitative estimate of drug-likeness (QED) is 0.875. The van der Waals surface area contributed by atoms with E-state index >= 15 is 0 Å². The first-order valence-electron chi connectivity index (χ1n) is 7.94. The van der Waals surface area contributed by atoms with Crippen molar-refractivity contribution in [2.24, 2.45) is 0 Å². The van der Waals surface area contributed by atoms with Crippen molar-refractivity contribution in [3.63, 3.8) is 0 Å². The van der Waals surface area contributed by atoms with Crippen LogP contribution in [0, 0.1) is 0 Å². The minimum atomic E-state index is 0. The van der Waals surface area contributed by atoms with E-state index in [4.69, 9.17) is 0 Å². The fourth-order valence-electron chi connectivity index (χ4n) is 2.84. The maximum absolute atomic E-state index is 12.2. The predicted octanol–water partition coefficient (Wildman–Crippen LogP) is 3.42. The second-order valence-corrected chi connectivity index (χ2v) is 6.16. The first-order chi connectivity index (χ1) is 9.81. The number of hydrogen-bond donors (Lipinski definition) is 2. The summed E-state index contributed by atoms with van der Waals surface area (Å²) in [7, 11) is 0. The third-order valence-corrected chi connectivity index (χ3v) is 4.33. The van der Waals surface area contributed by atoms with Crippen LogP contribution in [0.3, 0.4) is 0 Å². The van der Waals surface area contributed by atoms with Gasteiger partial charge in [-0.1, -0.05) is 31.4 Å². The Bertz CT molecular complexity index is 450. The van der Waals surface area contributed by atoms with Gasteiger partial charge in [0.25, 0.3) is 5.91 Å². The molecule has 0 aliphatic heterocycles. The zero-order valence-corrected chi connectivity index (χ0v) is 13.3. The van der Waals surface area contributed by atoms with Crippen LogP contribution >= 0.6 is 12.4 Å². The summed E-state index contributed by atoms with van der Waals surface area (Å²) >= 11 is 0. The molecule has 2 fully saturated rings. The molecule has 2 saturated carbocycles. The lowest BCUT2D eigenvalue weighted by Crippen LogP contribution is -2.36. The molecule has 0 unspecified atom stereocenters. The van der Waals surface area contributed by atoms with Crippen molar-refractivity contribution in [2.45, 2.75) is 63.6 Å². The molecule has 2 aliphatic carbocycles. The first-order valence-corrected chi connectivity index (χ1v) is 7.94. The van der Waals surface area contributed by atoms with Gasteiger partial charge in [-0.05, 0) is 43.4 Å². The van der Waals surface area contributed by atoms with Gasteiger partial charge in [0.05, 0.1) is 0 Å². The Hall–Kier alpha value is -1.06. The molecule has 1 amide bonds. The summed E-state index contributed by atoms with van der Waals surface area (Å²) in [4.78, 5) is 12.2. The van der Waals surface area contributed by atoms with E-state index in [-0.39, 0.29) is 18.3 Å². The van der Waals surface area contributed by atoms with Crippen molar-refractivity contribution in [1.29, 1.82) is 0 Å². The second-order valence-electron chi connectivity index (χ2n) is 6.16. The lowest BCUT2D eigenvalue weighted by Gasteiger charge is -2.22. The van der Waals surface area contributed by atoms with Crippen molar-refractivity contribution >= 4 is 18.3 Å². The van der Waals surface area contributed by atoms with Crippen molar-refractivity contribution in [3.05, 3.63) is 35.4 Å². The van der Waals surface area contributed by atoms with Crippen LogP contribution in [0.15, 0.2) is 24.3 Å². The molecule has 0 aromatic heterocycles. The normalized spacial score (nSPS) is 18.9. The molecule has 1 aromatic rings. The molecule has 0 atom stereocenters. The number of halogens is 1. The van der Waals surface area contributed by atoms with E-state index in [1.807, 2.05) is 12.1 Å². The van der Waals surface area contributed by atoms with Gasteiger partial charge in [0.15, 0.2) is 0 Å². The number of carbonyl (C=O) groups excluding carboxylic acids is 1. The molecular formula is C17H25ClN2O. The lowest BCUT2D eigenvalue weighted by molar-refractivity contribution is 0.0927. The van der Waals surface area contributed by atoms with Gasteiger partial charge in [-0.2, -0.15) is 0 Å². The van der Waals surface area contributed by atoms with Gasteiger partial charge in [-0.25, -0.2) is 0 Å². The highest BCUT2D eigenvalue weighted by atomic mass is 35.5. The average Bonchev–Trinajstić information content (AvgIpc) is 3.31. The highest BCUT2D eigenvalue weighted by Gasteiger charge is 2.20. The van der Waals surface area contributed by atoms with E-state index in [9.17, 15) is 4.79 Å². The van der Waals surface area contributed by atoms with Gasteiger partial charge in [0.2, 0.25) is 0 Å². The molecule has 0 heterocycles. The van der Waals surface area contributed by atoms with Crippen LogP contribution in [-0.2, 0) is 6.54 Å². The Labute approximate surface area is 133 Å². The van der Waals surface area contributed by atoms with Crippen molar-refractivity contribution in [1.82, 2.24) is 10.6 Å². The number of nitrogens with one attached hydrogen (secondary N) is 2. The number of benzene rings is 1. The SMILES string of the molecule is Cl.O=C(NC1CCCCC1)c1ccc(CNC2CC2)cc1. The summed E-state index contributed by atoms with van der Waals surface area (Å²) in [6, 6.07) is 9.12. The van der Waals surface area contributed by atoms with Crippen LogP contribution in [0.25, 0.3) is 0 Å². The first kappa shape index (κ1) is 16.3. The highest BCUT2D eigenvalue weighted by molar-refractivity contribution is 5.94. The van der Waals surface area contributed by atoms with Crippen LogP contribution in [-0.4, -0.2) is 18.0 Å². The van der Waals surface area contributed by atoms with Gasteiger partial charge in [-0.15, -0.1) is 12.4 Å². The van der Waals surface area contributed by atoms with Gasteiger partial charge < -0.3 is 10.6 Å². The summed E-state index contributed by atoms with van der Waals surface area (Å²) < 4.78 is 0. The maximum Gasteiger partial charge on any atom is 0.251 e. The van der Waals surface area contributed by atoms with Crippen LogP contribution < -0.4 is 10.6 Å². The molecule has 4 heteroatoms. The maximum atomic E-state index is 12.2. The molecule has 3 nitrogen and oxygen atoms in total. The Balaban J connectivity index is 0.00000161. The van der Waals surface area contributed by atoms with Crippen molar-refractivity contribution < 1.29 is 4.79 Å². The third kappa shape index (κ3) is 5.01. The van der Waals surface area contributed by atoms with Gasteiger partial charge in [0.1, 0.15) is 0 Å². The van der Waals surface area contributed by atoms with Gasteiger partial charge in [-0.3, -0.25) is 4.79 Å². The summed E-state index contributed by atoms with van der Waals surface area (Å²) in [5, 5.41) is 6.65. The topological polar surface area (TPSA) is 41.1 Å². The minimum Gasteiger partial charge on any atom is -0.349 e. The zero-order valence-electron chi connectivity index (χ0n) is 12.4. The van der Waals surface area contributed by atoms with Crippen LogP contribution in [0.5, 0.6) is 0 Å². The Morgan fingerprint density at radius 2 is 1.62 bits per heavy atom. The molecule has 116 valence electrons. The summed E-state index contributed by atoms with van der Waals surface area (Å²) in [5.74, 6) is 0.0820. The van der Waals surface area contributed by atoms with E-state index in [0.717, 1.165) is 31.0 Å². The van der Waals surface area contributed by atoms with Gasteiger partial charge >= 0.3 is 0 Å². The van der Waals surface area contributed by atoms with Crippen LogP contribution in [0.2, 0.25) is 0 Å². The van der Waals surface area contributed by atoms with Crippen molar-refractivity contribution in [3.8, 4) is 0 Å². The average molecular weight is 309 g/mol. The zero-order chi connectivity index (χ0) is 13.8.